The summed E-state index contributed by atoms with van der Waals surface area (Å²) < 4.78 is 3.69. The third-order valence-electron chi connectivity index (χ3n) is 2.61. The lowest BCUT2D eigenvalue weighted by Gasteiger charge is -2.04. The average molecular weight is 243 g/mol. The summed E-state index contributed by atoms with van der Waals surface area (Å²) in [5, 5.41) is 15.3. The van der Waals surface area contributed by atoms with Crippen molar-refractivity contribution in [3.8, 4) is 0 Å². The normalized spacial score (nSPS) is 11.3. The Kier molecular flexibility index (Phi) is 2.44. The predicted octanol–water partition coefficient (Wildman–Crippen LogP) is 1.65. The molecule has 18 heavy (non-hydrogen) atoms. The van der Waals surface area contributed by atoms with E-state index in [4.69, 9.17) is 0 Å². The van der Waals surface area contributed by atoms with E-state index in [9.17, 15) is 0 Å². The van der Waals surface area contributed by atoms with Crippen LogP contribution in [0.5, 0.6) is 0 Å². The molecule has 3 heterocycles. The topological polar surface area (TPSA) is 72.9 Å². The highest BCUT2D eigenvalue weighted by Crippen LogP contribution is 2.18. The van der Waals surface area contributed by atoms with E-state index in [0.29, 0.717) is 17.5 Å². The summed E-state index contributed by atoms with van der Waals surface area (Å²) in [7, 11) is 0. The van der Waals surface area contributed by atoms with Crippen LogP contribution in [0.3, 0.4) is 0 Å². The molecule has 3 rings (SSSR count). The minimum absolute atomic E-state index is 0.331. The number of rotatable bonds is 3. The first-order valence-corrected chi connectivity index (χ1v) is 5.69. The lowest BCUT2D eigenvalue weighted by atomic mass is 10.4. The maximum Gasteiger partial charge on any atom is 0.203 e. The van der Waals surface area contributed by atoms with Gasteiger partial charge in [-0.1, -0.05) is 0 Å². The van der Waals surface area contributed by atoms with Crippen molar-refractivity contribution in [1.29, 1.82) is 0 Å². The molecule has 0 bridgehead atoms. The number of hydrogen-bond acceptors (Lipinski definition) is 5. The van der Waals surface area contributed by atoms with Crippen molar-refractivity contribution in [2.24, 2.45) is 0 Å². The van der Waals surface area contributed by atoms with Gasteiger partial charge in [0.2, 0.25) is 5.65 Å². The first-order chi connectivity index (χ1) is 8.74. The quantitative estimate of drug-likeness (QED) is 0.757. The number of anilines is 2. The molecule has 3 aromatic rings. The zero-order valence-corrected chi connectivity index (χ0v) is 10.1. The van der Waals surface area contributed by atoms with Crippen molar-refractivity contribution in [2.75, 3.05) is 5.32 Å². The van der Waals surface area contributed by atoms with E-state index in [0.717, 1.165) is 5.69 Å². The van der Waals surface area contributed by atoms with Crippen molar-refractivity contribution in [2.45, 2.75) is 19.9 Å². The fourth-order valence-electron chi connectivity index (χ4n) is 1.67. The number of hydrogen-bond donors (Lipinski definition) is 1. The first-order valence-electron chi connectivity index (χ1n) is 5.69. The van der Waals surface area contributed by atoms with Crippen molar-refractivity contribution in [1.82, 2.24) is 29.4 Å². The van der Waals surface area contributed by atoms with Crippen LogP contribution in [0, 0.1) is 0 Å². The summed E-state index contributed by atoms with van der Waals surface area (Å²) in [5.41, 5.74) is 1.57. The molecule has 1 N–H and O–H groups in total. The lowest BCUT2D eigenvalue weighted by Crippen LogP contribution is -2.00. The SMILES string of the molecule is CC(C)n1cc(Nc2nccn3cnnc23)cn1. The van der Waals surface area contributed by atoms with Crippen LogP contribution in [0.4, 0.5) is 11.5 Å². The van der Waals surface area contributed by atoms with Crippen LogP contribution >= 0.6 is 0 Å². The molecule has 0 aliphatic heterocycles. The molecule has 0 spiro atoms. The summed E-state index contributed by atoms with van der Waals surface area (Å²) >= 11 is 0. The number of nitrogens with one attached hydrogen (secondary N) is 1. The van der Waals surface area contributed by atoms with Crippen molar-refractivity contribution in [3.05, 3.63) is 31.1 Å². The van der Waals surface area contributed by atoms with E-state index in [2.05, 4.69) is 39.4 Å². The van der Waals surface area contributed by atoms with Crippen LogP contribution in [-0.4, -0.2) is 29.4 Å². The number of nitrogens with zero attached hydrogens (tertiary/aromatic N) is 6. The molecule has 0 saturated carbocycles. The Morgan fingerprint density at radius 1 is 1.33 bits per heavy atom. The van der Waals surface area contributed by atoms with Crippen molar-refractivity contribution >= 4 is 17.2 Å². The largest absolute Gasteiger partial charge is 0.334 e. The first kappa shape index (κ1) is 10.7. The molecular formula is C11H13N7. The van der Waals surface area contributed by atoms with Crippen LogP contribution in [0.1, 0.15) is 19.9 Å². The molecule has 0 fully saturated rings. The molecule has 0 saturated heterocycles. The van der Waals surface area contributed by atoms with Gasteiger partial charge in [-0.05, 0) is 13.8 Å². The van der Waals surface area contributed by atoms with Crippen molar-refractivity contribution < 1.29 is 0 Å². The monoisotopic (exact) mass is 243 g/mol. The second-order valence-electron chi connectivity index (χ2n) is 4.27. The minimum Gasteiger partial charge on any atom is -0.334 e. The Hall–Kier alpha value is -2.44. The molecule has 0 aromatic carbocycles. The molecule has 0 radical (unpaired) electrons. The Morgan fingerprint density at radius 3 is 3.00 bits per heavy atom. The van der Waals surface area contributed by atoms with Gasteiger partial charge in [0.1, 0.15) is 6.33 Å². The van der Waals surface area contributed by atoms with Crippen LogP contribution in [0.15, 0.2) is 31.1 Å². The summed E-state index contributed by atoms with van der Waals surface area (Å²) in [5.74, 6) is 0.665. The third kappa shape index (κ3) is 1.79. The zero-order chi connectivity index (χ0) is 12.5. The molecule has 0 unspecified atom stereocenters. The molecular weight excluding hydrogens is 230 g/mol. The Labute approximate surface area is 103 Å². The van der Waals surface area contributed by atoms with E-state index in [1.165, 1.54) is 0 Å². The van der Waals surface area contributed by atoms with E-state index in [1.54, 1.807) is 24.9 Å². The molecule has 7 heteroatoms. The van der Waals surface area contributed by atoms with Gasteiger partial charge in [0, 0.05) is 24.6 Å². The minimum atomic E-state index is 0.331. The smallest absolute Gasteiger partial charge is 0.203 e. The molecule has 0 amide bonds. The molecule has 92 valence electrons. The highest BCUT2D eigenvalue weighted by Gasteiger charge is 2.07. The summed E-state index contributed by atoms with van der Waals surface area (Å²) in [6.07, 6.45) is 8.84. The molecule has 7 nitrogen and oxygen atoms in total. The Bertz CT molecular complexity index is 667. The van der Waals surface area contributed by atoms with E-state index >= 15 is 0 Å². The van der Waals surface area contributed by atoms with Gasteiger partial charge >= 0.3 is 0 Å². The van der Waals surface area contributed by atoms with Gasteiger partial charge in [0.25, 0.3) is 0 Å². The van der Waals surface area contributed by atoms with Gasteiger partial charge in [0.05, 0.1) is 11.9 Å². The predicted molar refractivity (Wildman–Crippen MR) is 66.7 cm³/mol. The van der Waals surface area contributed by atoms with E-state index < -0.39 is 0 Å². The molecule has 0 aliphatic rings. The third-order valence-corrected chi connectivity index (χ3v) is 2.61. The lowest BCUT2D eigenvalue weighted by molar-refractivity contribution is 0.532. The van der Waals surface area contributed by atoms with Crippen LogP contribution in [0.25, 0.3) is 5.65 Å². The number of aromatic nitrogens is 6. The fourth-order valence-corrected chi connectivity index (χ4v) is 1.67. The van der Waals surface area contributed by atoms with Crippen LogP contribution in [0.2, 0.25) is 0 Å². The maximum atomic E-state index is 4.26. The molecule has 3 aromatic heterocycles. The molecule has 0 atom stereocenters. The van der Waals surface area contributed by atoms with Gasteiger partial charge in [-0.2, -0.15) is 5.10 Å². The average Bonchev–Trinajstić information content (AvgIpc) is 2.97. The Balaban J connectivity index is 1.93. The van der Waals surface area contributed by atoms with Gasteiger partial charge in [0.15, 0.2) is 5.82 Å². The standard InChI is InChI=1S/C11H13N7/c1-8(2)18-6-9(5-14-18)15-10-11-16-13-7-17(11)4-3-12-10/h3-8H,1-2H3,(H,12,15). The second-order valence-corrected chi connectivity index (χ2v) is 4.27. The molecule has 0 aliphatic carbocycles. The van der Waals surface area contributed by atoms with Crippen LogP contribution in [-0.2, 0) is 0 Å². The Morgan fingerprint density at radius 2 is 2.22 bits per heavy atom. The maximum absolute atomic E-state index is 4.26. The highest BCUT2D eigenvalue weighted by molar-refractivity contribution is 5.68. The van der Waals surface area contributed by atoms with E-state index in [1.807, 2.05) is 15.3 Å². The zero-order valence-electron chi connectivity index (χ0n) is 10.1. The van der Waals surface area contributed by atoms with Gasteiger partial charge in [-0.3, -0.25) is 9.08 Å². The van der Waals surface area contributed by atoms with Crippen LogP contribution < -0.4 is 5.32 Å². The summed E-state index contributed by atoms with van der Waals surface area (Å²) in [6.45, 7) is 4.16. The summed E-state index contributed by atoms with van der Waals surface area (Å²) in [4.78, 5) is 4.26. The van der Waals surface area contributed by atoms with Gasteiger partial charge in [-0.15, -0.1) is 10.2 Å². The van der Waals surface area contributed by atoms with E-state index in [-0.39, 0.29) is 0 Å². The number of fused-ring (bicyclic) bond motifs is 1. The van der Waals surface area contributed by atoms with Gasteiger partial charge in [-0.25, -0.2) is 4.98 Å². The fraction of sp³-hybridized carbons (Fsp3) is 0.273. The van der Waals surface area contributed by atoms with Crippen molar-refractivity contribution in [3.63, 3.8) is 0 Å². The van der Waals surface area contributed by atoms with Gasteiger partial charge < -0.3 is 5.32 Å². The summed E-state index contributed by atoms with van der Waals surface area (Å²) in [6, 6.07) is 0.331. The highest BCUT2D eigenvalue weighted by atomic mass is 15.3. The second kappa shape index (κ2) is 4.10.